The quantitative estimate of drug-likeness (QED) is 0.684. The minimum absolute atomic E-state index is 0.147. The Balaban J connectivity index is 1.68. The summed E-state index contributed by atoms with van der Waals surface area (Å²) in [5, 5.41) is 6.74. The van der Waals surface area contributed by atoms with Crippen LogP contribution in [-0.2, 0) is 11.2 Å². The number of hydrogen-bond donors (Lipinski definition) is 1. The molecule has 1 amide bonds. The van der Waals surface area contributed by atoms with E-state index in [1.54, 1.807) is 12.1 Å². The van der Waals surface area contributed by atoms with Crippen molar-refractivity contribution in [1.82, 2.24) is 4.98 Å². The van der Waals surface area contributed by atoms with Gasteiger partial charge in [-0.05, 0) is 24.3 Å². The van der Waals surface area contributed by atoms with E-state index in [2.05, 4.69) is 10.3 Å². The number of para-hydroxylation sites is 1. The Labute approximate surface area is 147 Å². The van der Waals surface area contributed by atoms with Crippen molar-refractivity contribution < 1.29 is 4.79 Å². The lowest BCUT2D eigenvalue weighted by Gasteiger charge is -2.05. The summed E-state index contributed by atoms with van der Waals surface area (Å²) in [5.41, 5.74) is 2.31. The van der Waals surface area contributed by atoms with Crippen molar-refractivity contribution in [2.45, 2.75) is 6.42 Å². The van der Waals surface area contributed by atoms with Crippen LogP contribution in [0.1, 0.15) is 5.69 Å². The summed E-state index contributed by atoms with van der Waals surface area (Å²) < 4.78 is 0. The fourth-order valence-electron chi connectivity index (χ4n) is 2.03. The SMILES string of the molecule is O=C(Cc1csc(-c2ccc(Cl)cc2)n1)Nc1ccccc1Cl. The monoisotopic (exact) mass is 362 g/mol. The molecule has 3 nitrogen and oxygen atoms in total. The van der Waals surface area contributed by atoms with E-state index in [0.29, 0.717) is 15.7 Å². The van der Waals surface area contributed by atoms with Gasteiger partial charge in [0.1, 0.15) is 5.01 Å². The number of rotatable bonds is 4. The van der Waals surface area contributed by atoms with E-state index in [9.17, 15) is 4.79 Å². The zero-order chi connectivity index (χ0) is 16.2. The molecule has 0 aliphatic carbocycles. The Morgan fingerprint density at radius 1 is 1.09 bits per heavy atom. The standard InChI is InChI=1S/C17H12Cl2N2OS/c18-12-7-5-11(6-8-12)17-20-13(10-23-17)9-16(22)21-15-4-2-1-3-14(15)19/h1-8,10H,9H2,(H,21,22). The van der Waals surface area contributed by atoms with Gasteiger partial charge in [-0.2, -0.15) is 0 Å². The van der Waals surface area contributed by atoms with E-state index in [-0.39, 0.29) is 12.3 Å². The fraction of sp³-hybridized carbons (Fsp3) is 0.0588. The number of hydrogen-bond acceptors (Lipinski definition) is 3. The molecular weight excluding hydrogens is 351 g/mol. The molecule has 0 bridgehead atoms. The van der Waals surface area contributed by atoms with Crippen molar-refractivity contribution in [2.24, 2.45) is 0 Å². The Kier molecular flexibility index (Phi) is 4.96. The Morgan fingerprint density at radius 2 is 1.83 bits per heavy atom. The number of anilines is 1. The van der Waals surface area contributed by atoms with Gasteiger partial charge in [0.2, 0.25) is 5.91 Å². The molecule has 0 aliphatic rings. The minimum atomic E-state index is -0.147. The largest absolute Gasteiger partial charge is 0.324 e. The van der Waals surface area contributed by atoms with E-state index in [1.165, 1.54) is 11.3 Å². The predicted molar refractivity (Wildman–Crippen MR) is 96.3 cm³/mol. The molecule has 0 aliphatic heterocycles. The summed E-state index contributed by atoms with van der Waals surface area (Å²) in [6.07, 6.45) is 0.204. The van der Waals surface area contributed by atoms with Gasteiger partial charge in [0.15, 0.2) is 0 Å². The first-order valence-corrected chi connectivity index (χ1v) is 8.50. The van der Waals surface area contributed by atoms with Crippen molar-refractivity contribution >= 4 is 46.1 Å². The maximum absolute atomic E-state index is 12.1. The van der Waals surface area contributed by atoms with Crippen molar-refractivity contribution in [3.8, 4) is 10.6 Å². The van der Waals surface area contributed by atoms with Gasteiger partial charge in [-0.1, -0.05) is 47.5 Å². The lowest BCUT2D eigenvalue weighted by molar-refractivity contribution is -0.115. The summed E-state index contributed by atoms with van der Waals surface area (Å²) >= 11 is 13.4. The van der Waals surface area contributed by atoms with Crippen LogP contribution in [0.3, 0.4) is 0 Å². The number of benzene rings is 2. The van der Waals surface area contributed by atoms with Crippen molar-refractivity contribution in [3.05, 3.63) is 69.7 Å². The van der Waals surface area contributed by atoms with Gasteiger partial charge in [-0.15, -0.1) is 11.3 Å². The van der Waals surface area contributed by atoms with Crippen LogP contribution in [0, 0.1) is 0 Å². The van der Waals surface area contributed by atoms with Crippen molar-refractivity contribution in [1.29, 1.82) is 0 Å². The summed E-state index contributed by atoms with van der Waals surface area (Å²) in [5.74, 6) is -0.147. The molecule has 23 heavy (non-hydrogen) atoms. The number of thiazole rings is 1. The first kappa shape index (κ1) is 16.0. The second-order valence-electron chi connectivity index (χ2n) is 4.86. The van der Waals surface area contributed by atoms with E-state index in [1.807, 2.05) is 41.8 Å². The van der Waals surface area contributed by atoms with Crippen LogP contribution in [0.5, 0.6) is 0 Å². The third-order valence-electron chi connectivity index (χ3n) is 3.13. The molecule has 0 saturated carbocycles. The normalized spacial score (nSPS) is 10.5. The van der Waals surface area contributed by atoms with Crippen molar-refractivity contribution in [3.63, 3.8) is 0 Å². The average Bonchev–Trinajstić information content (AvgIpc) is 2.98. The predicted octanol–water partition coefficient (Wildman–Crippen LogP) is 5.30. The smallest absolute Gasteiger partial charge is 0.230 e. The fourth-order valence-corrected chi connectivity index (χ4v) is 3.17. The summed E-state index contributed by atoms with van der Waals surface area (Å²) in [7, 11) is 0. The molecule has 1 heterocycles. The molecule has 1 aromatic heterocycles. The minimum Gasteiger partial charge on any atom is -0.324 e. The molecule has 0 fully saturated rings. The molecule has 3 rings (SSSR count). The van der Waals surface area contributed by atoms with Crippen LogP contribution >= 0.6 is 34.5 Å². The van der Waals surface area contributed by atoms with Crippen LogP contribution in [0.15, 0.2) is 53.9 Å². The topological polar surface area (TPSA) is 42.0 Å². The molecule has 0 saturated heterocycles. The van der Waals surface area contributed by atoms with Crippen LogP contribution in [0.4, 0.5) is 5.69 Å². The second kappa shape index (κ2) is 7.13. The molecule has 6 heteroatoms. The van der Waals surface area contributed by atoms with E-state index < -0.39 is 0 Å². The van der Waals surface area contributed by atoms with Crippen LogP contribution < -0.4 is 5.32 Å². The van der Waals surface area contributed by atoms with Crippen LogP contribution in [0.2, 0.25) is 10.0 Å². The Morgan fingerprint density at radius 3 is 2.57 bits per heavy atom. The zero-order valence-electron chi connectivity index (χ0n) is 11.9. The van der Waals surface area contributed by atoms with Gasteiger partial charge >= 0.3 is 0 Å². The Bertz CT molecular complexity index is 831. The molecule has 0 spiro atoms. The van der Waals surface area contributed by atoms with Gasteiger partial charge in [0.25, 0.3) is 0 Å². The second-order valence-corrected chi connectivity index (χ2v) is 6.56. The van der Waals surface area contributed by atoms with Gasteiger partial charge < -0.3 is 5.32 Å². The number of nitrogens with one attached hydrogen (secondary N) is 1. The summed E-state index contributed by atoms with van der Waals surface area (Å²) in [6, 6.07) is 14.6. The number of carbonyl (C=O) groups is 1. The molecule has 0 unspecified atom stereocenters. The van der Waals surface area contributed by atoms with E-state index in [0.717, 1.165) is 16.3 Å². The highest BCUT2D eigenvalue weighted by molar-refractivity contribution is 7.13. The highest BCUT2D eigenvalue weighted by Gasteiger charge is 2.10. The number of carbonyl (C=O) groups excluding carboxylic acids is 1. The maximum atomic E-state index is 12.1. The number of halogens is 2. The first-order chi connectivity index (χ1) is 11.1. The highest BCUT2D eigenvalue weighted by Crippen LogP contribution is 2.26. The van der Waals surface area contributed by atoms with Gasteiger partial charge in [0, 0.05) is 16.0 Å². The molecule has 0 atom stereocenters. The first-order valence-electron chi connectivity index (χ1n) is 6.86. The Hall–Kier alpha value is -1.88. The number of amides is 1. The third-order valence-corrected chi connectivity index (χ3v) is 4.65. The summed E-state index contributed by atoms with van der Waals surface area (Å²) in [4.78, 5) is 16.6. The van der Waals surface area contributed by atoms with E-state index in [4.69, 9.17) is 23.2 Å². The number of nitrogens with zero attached hydrogens (tertiary/aromatic N) is 1. The van der Waals surface area contributed by atoms with Gasteiger partial charge in [0.05, 0.1) is 22.8 Å². The molecule has 2 aromatic carbocycles. The third kappa shape index (κ3) is 4.10. The van der Waals surface area contributed by atoms with Gasteiger partial charge in [-0.25, -0.2) is 4.98 Å². The molecule has 3 aromatic rings. The maximum Gasteiger partial charge on any atom is 0.230 e. The molecule has 0 radical (unpaired) electrons. The lowest BCUT2D eigenvalue weighted by atomic mass is 10.2. The molecule has 1 N–H and O–H groups in total. The van der Waals surface area contributed by atoms with Crippen LogP contribution in [-0.4, -0.2) is 10.9 Å². The zero-order valence-corrected chi connectivity index (χ0v) is 14.3. The van der Waals surface area contributed by atoms with Crippen LogP contribution in [0.25, 0.3) is 10.6 Å². The summed E-state index contributed by atoms with van der Waals surface area (Å²) in [6.45, 7) is 0. The van der Waals surface area contributed by atoms with Crippen molar-refractivity contribution in [2.75, 3.05) is 5.32 Å². The molecular formula is C17H12Cl2N2OS. The van der Waals surface area contributed by atoms with E-state index >= 15 is 0 Å². The highest BCUT2D eigenvalue weighted by atomic mass is 35.5. The average molecular weight is 363 g/mol. The lowest BCUT2D eigenvalue weighted by Crippen LogP contribution is -2.14. The van der Waals surface area contributed by atoms with Gasteiger partial charge in [-0.3, -0.25) is 4.79 Å². The number of aromatic nitrogens is 1. The molecule has 116 valence electrons.